The van der Waals surface area contributed by atoms with E-state index in [9.17, 15) is 0 Å². The molecule has 2 aromatic heterocycles. The van der Waals surface area contributed by atoms with Crippen LogP contribution in [0, 0.1) is 6.92 Å². The minimum absolute atomic E-state index is 0.0920. The minimum Gasteiger partial charge on any atom is -0.467 e. The van der Waals surface area contributed by atoms with Crippen molar-refractivity contribution in [2.75, 3.05) is 5.32 Å². The third-order valence-corrected chi connectivity index (χ3v) is 2.72. The molecule has 2 rings (SSSR count). The van der Waals surface area contributed by atoms with Crippen LogP contribution in [0.25, 0.3) is 0 Å². The van der Waals surface area contributed by atoms with E-state index in [4.69, 9.17) is 4.42 Å². The third kappa shape index (κ3) is 2.88. The molecule has 0 aliphatic heterocycles. The molecule has 0 saturated heterocycles. The summed E-state index contributed by atoms with van der Waals surface area (Å²) in [6.45, 7) is 8.21. The fraction of sp³-hybridized carbons (Fsp3) is 0.429. The Kier molecular flexibility index (Phi) is 3.65. The molecule has 0 aromatic carbocycles. The van der Waals surface area contributed by atoms with Gasteiger partial charge in [0.2, 0.25) is 0 Å². The van der Waals surface area contributed by atoms with Crippen molar-refractivity contribution < 1.29 is 4.42 Å². The lowest BCUT2D eigenvalue weighted by Gasteiger charge is -2.14. The Hall–Kier alpha value is -1.84. The quantitative estimate of drug-likeness (QED) is 0.892. The second-order valence-corrected chi connectivity index (χ2v) is 4.79. The molecule has 1 atom stereocenters. The van der Waals surface area contributed by atoms with Crippen molar-refractivity contribution in [2.45, 2.75) is 39.7 Å². The summed E-state index contributed by atoms with van der Waals surface area (Å²) >= 11 is 0. The smallest absolute Gasteiger partial charge is 0.133 e. The van der Waals surface area contributed by atoms with Crippen molar-refractivity contribution in [1.82, 2.24) is 9.97 Å². The molecule has 0 fully saturated rings. The average Bonchev–Trinajstić information content (AvgIpc) is 2.81. The van der Waals surface area contributed by atoms with E-state index >= 15 is 0 Å². The largest absolute Gasteiger partial charge is 0.467 e. The van der Waals surface area contributed by atoms with Gasteiger partial charge in [-0.1, -0.05) is 13.8 Å². The van der Waals surface area contributed by atoms with Crippen LogP contribution < -0.4 is 5.32 Å². The Morgan fingerprint density at radius 3 is 2.61 bits per heavy atom. The number of hydrogen-bond acceptors (Lipinski definition) is 4. The maximum absolute atomic E-state index is 5.37. The number of nitrogens with one attached hydrogen (secondary N) is 1. The second kappa shape index (κ2) is 5.21. The SMILES string of the molecule is Cc1cc(NC(C)c2ccco2)nc(C(C)C)n1. The summed E-state index contributed by atoms with van der Waals surface area (Å²) in [6.07, 6.45) is 1.68. The maximum Gasteiger partial charge on any atom is 0.133 e. The van der Waals surface area contributed by atoms with Crippen molar-refractivity contribution in [3.8, 4) is 0 Å². The molecule has 0 aliphatic rings. The number of nitrogens with zero attached hydrogens (tertiary/aromatic N) is 2. The molecule has 0 aliphatic carbocycles. The highest BCUT2D eigenvalue weighted by molar-refractivity contribution is 5.38. The van der Waals surface area contributed by atoms with E-state index in [1.54, 1.807) is 6.26 Å². The number of rotatable bonds is 4. The van der Waals surface area contributed by atoms with Crippen LogP contribution in [0.1, 0.15) is 50.0 Å². The zero-order valence-electron chi connectivity index (χ0n) is 11.3. The van der Waals surface area contributed by atoms with Crippen molar-refractivity contribution in [1.29, 1.82) is 0 Å². The number of aromatic nitrogens is 2. The first-order valence-corrected chi connectivity index (χ1v) is 6.22. The molecule has 18 heavy (non-hydrogen) atoms. The van der Waals surface area contributed by atoms with Gasteiger partial charge in [-0.15, -0.1) is 0 Å². The molecule has 0 saturated carbocycles. The molecule has 96 valence electrons. The van der Waals surface area contributed by atoms with E-state index in [-0.39, 0.29) is 6.04 Å². The summed E-state index contributed by atoms with van der Waals surface area (Å²) in [4.78, 5) is 8.95. The monoisotopic (exact) mass is 245 g/mol. The Balaban J connectivity index is 2.18. The van der Waals surface area contributed by atoms with E-state index in [0.717, 1.165) is 23.1 Å². The minimum atomic E-state index is 0.0920. The first-order valence-electron chi connectivity index (χ1n) is 6.22. The van der Waals surface area contributed by atoms with E-state index in [0.29, 0.717) is 5.92 Å². The van der Waals surface area contributed by atoms with E-state index in [1.165, 1.54) is 0 Å². The number of furan rings is 1. The topological polar surface area (TPSA) is 51.0 Å². The molecular formula is C14H19N3O. The van der Waals surface area contributed by atoms with Gasteiger partial charge in [0.25, 0.3) is 0 Å². The van der Waals surface area contributed by atoms with E-state index < -0.39 is 0 Å². The van der Waals surface area contributed by atoms with E-state index in [1.807, 2.05) is 32.0 Å². The Morgan fingerprint density at radius 1 is 1.22 bits per heavy atom. The van der Waals surface area contributed by atoms with Crippen LogP contribution in [0.5, 0.6) is 0 Å². The maximum atomic E-state index is 5.37. The fourth-order valence-corrected chi connectivity index (χ4v) is 1.75. The standard InChI is InChI=1S/C14H19N3O/c1-9(2)14-15-10(3)8-13(17-14)16-11(4)12-6-5-7-18-12/h5-9,11H,1-4H3,(H,15,16,17). The normalized spacial score (nSPS) is 12.7. The van der Waals surface area contributed by atoms with Gasteiger partial charge in [0.05, 0.1) is 12.3 Å². The number of hydrogen-bond donors (Lipinski definition) is 1. The molecule has 1 unspecified atom stereocenters. The molecular weight excluding hydrogens is 226 g/mol. The molecule has 0 radical (unpaired) electrons. The summed E-state index contributed by atoms with van der Waals surface area (Å²) in [5.41, 5.74) is 0.975. The summed E-state index contributed by atoms with van der Waals surface area (Å²) < 4.78 is 5.37. The summed E-state index contributed by atoms with van der Waals surface area (Å²) in [7, 11) is 0. The molecule has 2 heterocycles. The highest BCUT2D eigenvalue weighted by Gasteiger charge is 2.11. The van der Waals surface area contributed by atoms with Crippen molar-refractivity contribution in [2.24, 2.45) is 0 Å². The van der Waals surface area contributed by atoms with Crippen molar-refractivity contribution >= 4 is 5.82 Å². The van der Waals surface area contributed by atoms with E-state index in [2.05, 4.69) is 29.1 Å². The van der Waals surface area contributed by atoms with Gasteiger partial charge in [-0.3, -0.25) is 0 Å². The van der Waals surface area contributed by atoms with Gasteiger partial charge in [0.1, 0.15) is 17.4 Å². The van der Waals surface area contributed by atoms with Crippen LogP contribution in [-0.4, -0.2) is 9.97 Å². The molecule has 0 amide bonds. The predicted molar refractivity (Wildman–Crippen MR) is 71.6 cm³/mol. The Morgan fingerprint density at radius 2 is 2.00 bits per heavy atom. The van der Waals surface area contributed by atoms with Crippen LogP contribution in [0.3, 0.4) is 0 Å². The van der Waals surface area contributed by atoms with Crippen LogP contribution >= 0.6 is 0 Å². The molecule has 1 N–H and O–H groups in total. The fourth-order valence-electron chi connectivity index (χ4n) is 1.75. The third-order valence-electron chi connectivity index (χ3n) is 2.72. The molecule has 4 heteroatoms. The van der Waals surface area contributed by atoms with Gasteiger partial charge in [-0.25, -0.2) is 9.97 Å². The molecule has 0 spiro atoms. The lowest BCUT2D eigenvalue weighted by atomic mass is 10.2. The molecule has 4 nitrogen and oxygen atoms in total. The highest BCUT2D eigenvalue weighted by atomic mass is 16.3. The van der Waals surface area contributed by atoms with Gasteiger partial charge in [0, 0.05) is 17.7 Å². The number of anilines is 1. The summed E-state index contributed by atoms with van der Waals surface area (Å²) in [5.74, 6) is 2.93. The summed E-state index contributed by atoms with van der Waals surface area (Å²) in [5, 5.41) is 3.34. The number of aryl methyl sites for hydroxylation is 1. The lowest BCUT2D eigenvalue weighted by molar-refractivity contribution is 0.490. The zero-order valence-corrected chi connectivity index (χ0v) is 11.3. The van der Waals surface area contributed by atoms with Gasteiger partial charge in [0.15, 0.2) is 0 Å². The second-order valence-electron chi connectivity index (χ2n) is 4.79. The highest BCUT2D eigenvalue weighted by Crippen LogP contribution is 2.20. The van der Waals surface area contributed by atoms with Gasteiger partial charge in [-0.05, 0) is 26.0 Å². The molecule has 2 aromatic rings. The Bertz CT molecular complexity index is 506. The van der Waals surface area contributed by atoms with Crippen LogP contribution in [-0.2, 0) is 0 Å². The van der Waals surface area contributed by atoms with Crippen LogP contribution in [0.4, 0.5) is 5.82 Å². The molecule has 0 bridgehead atoms. The van der Waals surface area contributed by atoms with Gasteiger partial charge < -0.3 is 9.73 Å². The van der Waals surface area contributed by atoms with Crippen LogP contribution in [0.2, 0.25) is 0 Å². The van der Waals surface area contributed by atoms with Gasteiger partial charge in [-0.2, -0.15) is 0 Å². The van der Waals surface area contributed by atoms with Crippen LogP contribution in [0.15, 0.2) is 28.9 Å². The lowest BCUT2D eigenvalue weighted by Crippen LogP contribution is -2.10. The average molecular weight is 245 g/mol. The van der Waals surface area contributed by atoms with Crippen molar-refractivity contribution in [3.63, 3.8) is 0 Å². The first-order chi connectivity index (χ1) is 8.56. The predicted octanol–water partition coefficient (Wildman–Crippen LogP) is 3.67. The van der Waals surface area contributed by atoms with Gasteiger partial charge >= 0.3 is 0 Å². The first kappa shape index (κ1) is 12.6. The Labute approximate surface area is 107 Å². The summed E-state index contributed by atoms with van der Waals surface area (Å²) in [6, 6.07) is 5.88. The zero-order chi connectivity index (χ0) is 13.1. The van der Waals surface area contributed by atoms with Crippen molar-refractivity contribution in [3.05, 3.63) is 41.7 Å².